The molecule has 6 heteroatoms. The number of nitrogens with one attached hydrogen (secondary N) is 1. The van der Waals surface area contributed by atoms with Crippen LogP contribution in [0.1, 0.15) is 0 Å². The molecular weight excluding hydrogens is 350 g/mol. The highest BCUT2D eigenvalue weighted by molar-refractivity contribution is 7.92. The smallest absolute Gasteiger partial charge is 0.229 e. The molecule has 0 spiro atoms. The Hall–Kier alpha value is -2.99. The largest absolute Gasteiger partial charge is 0.497 e. The summed E-state index contributed by atoms with van der Waals surface area (Å²) in [5.41, 5.74) is 2.25. The molecule has 26 heavy (non-hydrogen) atoms. The summed E-state index contributed by atoms with van der Waals surface area (Å²) < 4.78 is 36.9. The summed E-state index contributed by atoms with van der Waals surface area (Å²) in [5, 5.41) is 0. The first-order valence-corrected chi connectivity index (χ1v) is 9.83. The number of para-hydroxylation sites is 1. The molecular formula is C20H19NO4S. The van der Waals surface area contributed by atoms with Crippen molar-refractivity contribution in [2.45, 2.75) is 0 Å². The third kappa shape index (κ3) is 4.55. The first-order chi connectivity index (χ1) is 12.4. The van der Waals surface area contributed by atoms with Gasteiger partial charge in [-0.3, -0.25) is 4.72 Å². The highest BCUT2D eigenvalue weighted by Gasteiger charge is 2.12. The molecule has 0 aromatic heterocycles. The van der Waals surface area contributed by atoms with Crippen molar-refractivity contribution in [3.8, 4) is 28.4 Å². The fourth-order valence-corrected chi connectivity index (χ4v) is 3.04. The van der Waals surface area contributed by atoms with Crippen LogP contribution in [0.15, 0.2) is 72.8 Å². The van der Waals surface area contributed by atoms with Gasteiger partial charge < -0.3 is 9.47 Å². The van der Waals surface area contributed by atoms with Gasteiger partial charge in [0.05, 0.1) is 19.1 Å². The molecule has 0 heterocycles. The maximum atomic E-state index is 11.7. The van der Waals surface area contributed by atoms with Crippen LogP contribution >= 0.6 is 0 Å². The van der Waals surface area contributed by atoms with Gasteiger partial charge in [-0.05, 0) is 47.5 Å². The fraction of sp³-hybridized carbons (Fsp3) is 0.100. The maximum absolute atomic E-state index is 11.7. The molecule has 0 radical (unpaired) electrons. The number of anilines is 1. The average molecular weight is 369 g/mol. The van der Waals surface area contributed by atoms with E-state index >= 15 is 0 Å². The lowest BCUT2D eigenvalue weighted by Gasteiger charge is -2.14. The average Bonchev–Trinajstić information content (AvgIpc) is 2.63. The second-order valence-electron chi connectivity index (χ2n) is 5.73. The number of benzene rings is 3. The molecule has 3 rings (SSSR count). The van der Waals surface area contributed by atoms with Gasteiger partial charge in [-0.15, -0.1) is 0 Å². The maximum Gasteiger partial charge on any atom is 0.229 e. The summed E-state index contributed by atoms with van der Waals surface area (Å²) >= 11 is 0. The van der Waals surface area contributed by atoms with Crippen molar-refractivity contribution < 1.29 is 17.9 Å². The number of hydrogen-bond acceptors (Lipinski definition) is 4. The van der Waals surface area contributed by atoms with Gasteiger partial charge in [0, 0.05) is 0 Å². The Morgan fingerprint density at radius 1 is 0.808 bits per heavy atom. The molecule has 0 aliphatic heterocycles. The number of hydrogen-bond donors (Lipinski definition) is 1. The van der Waals surface area contributed by atoms with Crippen molar-refractivity contribution in [3.05, 3.63) is 72.8 Å². The molecule has 0 aliphatic rings. The van der Waals surface area contributed by atoms with Crippen LogP contribution in [0.4, 0.5) is 5.69 Å². The van der Waals surface area contributed by atoms with E-state index in [1.54, 1.807) is 13.2 Å². The summed E-state index contributed by atoms with van der Waals surface area (Å²) in [6, 6.07) is 22.2. The highest BCUT2D eigenvalue weighted by atomic mass is 32.2. The van der Waals surface area contributed by atoms with Crippen molar-refractivity contribution in [1.82, 2.24) is 0 Å². The zero-order chi connectivity index (χ0) is 18.6. The summed E-state index contributed by atoms with van der Waals surface area (Å²) in [4.78, 5) is 0. The van der Waals surface area contributed by atoms with Gasteiger partial charge >= 0.3 is 0 Å². The third-order valence-corrected chi connectivity index (χ3v) is 4.26. The van der Waals surface area contributed by atoms with Crippen LogP contribution in [-0.4, -0.2) is 21.8 Å². The topological polar surface area (TPSA) is 64.6 Å². The van der Waals surface area contributed by atoms with Crippen LogP contribution in [0.2, 0.25) is 0 Å². The molecule has 3 aromatic carbocycles. The molecule has 0 atom stereocenters. The van der Waals surface area contributed by atoms with Crippen molar-refractivity contribution in [2.24, 2.45) is 0 Å². The summed E-state index contributed by atoms with van der Waals surface area (Å²) in [5.74, 6) is 1.82. The summed E-state index contributed by atoms with van der Waals surface area (Å²) in [7, 11) is -1.81. The van der Waals surface area contributed by atoms with E-state index < -0.39 is 10.0 Å². The minimum absolute atomic E-state index is 0.383. The number of rotatable bonds is 6. The van der Waals surface area contributed by atoms with Gasteiger partial charge in [-0.1, -0.05) is 36.4 Å². The Kier molecular flexibility index (Phi) is 5.14. The van der Waals surface area contributed by atoms with E-state index in [4.69, 9.17) is 9.47 Å². The minimum Gasteiger partial charge on any atom is -0.497 e. The predicted molar refractivity (Wildman–Crippen MR) is 103 cm³/mol. The number of sulfonamides is 1. The van der Waals surface area contributed by atoms with Crippen LogP contribution in [0.3, 0.4) is 0 Å². The van der Waals surface area contributed by atoms with E-state index in [2.05, 4.69) is 4.72 Å². The zero-order valence-electron chi connectivity index (χ0n) is 14.5. The quantitative estimate of drug-likeness (QED) is 0.693. The standard InChI is InChI=1S/C20H19NO4S/c1-24-17-11-8-15(9-12-17)16-10-13-19(21-26(2,22)23)20(14-16)25-18-6-4-3-5-7-18/h3-14,21H,1-2H3. The number of methoxy groups -OCH3 is 1. The van der Waals surface area contributed by atoms with Crippen LogP contribution in [0.25, 0.3) is 11.1 Å². The van der Waals surface area contributed by atoms with Crippen molar-refractivity contribution in [1.29, 1.82) is 0 Å². The highest BCUT2D eigenvalue weighted by Crippen LogP contribution is 2.35. The lowest BCUT2D eigenvalue weighted by Crippen LogP contribution is -2.10. The van der Waals surface area contributed by atoms with E-state index in [0.717, 1.165) is 23.1 Å². The molecule has 134 valence electrons. The first-order valence-electron chi connectivity index (χ1n) is 7.94. The van der Waals surface area contributed by atoms with Gasteiger partial charge in [-0.25, -0.2) is 8.42 Å². The van der Waals surface area contributed by atoms with Gasteiger partial charge in [0.1, 0.15) is 11.5 Å². The van der Waals surface area contributed by atoms with Crippen LogP contribution < -0.4 is 14.2 Å². The monoisotopic (exact) mass is 369 g/mol. The van der Waals surface area contributed by atoms with Crippen LogP contribution in [0, 0.1) is 0 Å². The molecule has 0 bridgehead atoms. The molecule has 0 aliphatic carbocycles. The summed E-state index contributed by atoms with van der Waals surface area (Å²) in [6.45, 7) is 0. The molecule has 0 amide bonds. The third-order valence-electron chi connectivity index (χ3n) is 3.67. The van der Waals surface area contributed by atoms with Crippen molar-refractivity contribution in [3.63, 3.8) is 0 Å². The van der Waals surface area contributed by atoms with Crippen LogP contribution in [0.5, 0.6) is 17.2 Å². The Balaban J connectivity index is 2.01. The van der Waals surface area contributed by atoms with E-state index in [1.165, 1.54) is 0 Å². The van der Waals surface area contributed by atoms with E-state index in [1.807, 2.05) is 66.7 Å². The minimum atomic E-state index is -3.42. The first kappa shape index (κ1) is 17.8. The SMILES string of the molecule is COc1ccc(-c2ccc(NS(C)(=O)=O)c(Oc3ccccc3)c2)cc1. The zero-order valence-corrected chi connectivity index (χ0v) is 15.3. The Labute approximate surface area is 153 Å². The molecule has 0 saturated heterocycles. The molecule has 0 fully saturated rings. The molecule has 1 N–H and O–H groups in total. The summed E-state index contributed by atoms with van der Waals surface area (Å²) in [6.07, 6.45) is 1.11. The Morgan fingerprint density at radius 2 is 1.46 bits per heavy atom. The van der Waals surface area contributed by atoms with Gasteiger partial charge in [0.25, 0.3) is 0 Å². The van der Waals surface area contributed by atoms with E-state index in [0.29, 0.717) is 17.2 Å². The van der Waals surface area contributed by atoms with Gasteiger partial charge in [0.15, 0.2) is 5.75 Å². The molecule has 0 saturated carbocycles. The second-order valence-corrected chi connectivity index (χ2v) is 7.48. The molecule has 0 unspecified atom stereocenters. The van der Waals surface area contributed by atoms with Crippen molar-refractivity contribution >= 4 is 15.7 Å². The van der Waals surface area contributed by atoms with Crippen LogP contribution in [-0.2, 0) is 10.0 Å². The predicted octanol–water partition coefficient (Wildman–Crippen LogP) is 4.53. The van der Waals surface area contributed by atoms with E-state index in [9.17, 15) is 8.42 Å². The van der Waals surface area contributed by atoms with Crippen molar-refractivity contribution in [2.75, 3.05) is 18.1 Å². The molecule has 3 aromatic rings. The lowest BCUT2D eigenvalue weighted by molar-refractivity contribution is 0.415. The fourth-order valence-electron chi connectivity index (χ4n) is 2.47. The van der Waals surface area contributed by atoms with E-state index in [-0.39, 0.29) is 0 Å². The molecule has 5 nitrogen and oxygen atoms in total. The lowest BCUT2D eigenvalue weighted by atomic mass is 10.0. The number of ether oxygens (including phenoxy) is 2. The Bertz CT molecular complexity index is 984. The van der Waals surface area contributed by atoms with Gasteiger partial charge in [0.2, 0.25) is 10.0 Å². The van der Waals surface area contributed by atoms with Gasteiger partial charge in [-0.2, -0.15) is 0 Å². The Morgan fingerprint density at radius 3 is 2.08 bits per heavy atom. The second kappa shape index (κ2) is 7.49. The normalized spacial score (nSPS) is 11.0.